The molecule has 3 heterocycles. The highest BCUT2D eigenvalue weighted by molar-refractivity contribution is 7.09. The highest BCUT2D eigenvalue weighted by atomic mass is 32.1. The molecule has 1 saturated heterocycles. The molecule has 176 valence electrons. The fourth-order valence-corrected chi connectivity index (χ4v) is 5.87. The first-order valence-corrected chi connectivity index (χ1v) is 12.6. The van der Waals surface area contributed by atoms with E-state index in [1.54, 1.807) is 23.5 Å². The zero-order valence-corrected chi connectivity index (χ0v) is 19.7. The molecule has 1 aromatic heterocycles. The lowest BCUT2D eigenvalue weighted by atomic mass is 9.83. The van der Waals surface area contributed by atoms with Crippen LogP contribution in [0, 0.1) is 16.0 Å². The van der Waals surface area contributed by atoms with Crippen LogP contribution in [0.4, 0.5) is 11.4 Å². The van der Waals surface area contributed by atoms with Crippen LogP contribution in [0.25, 0.3) is 0 Å². The van der Waals surface area contributed by atoms with Crippen LogP contribution in [0.1, 0.15) is 16.0 Å². The van der Waals surface area contributed by atoms with Gasteiger partial charge in [-0.05, 0) is 41.5 Å². The molecule has 2 aliphatic heterocycles. The lowest BCUT2D eigenvalue weighted by molar-refractivity contribution is -0.384. The predicted octanol–water partition coefficient (Wildman–Crippen LogP) is 3.88. The second kappa shape index (κ2) is 9.95. The predicted molar refractivity (Wildman–Crippen MR) is 134 cm³/mol. The number of carbonyl (C=O) groups is 1. The Kier molecular flexibility index (Phi) is 6.60. The lowest BCUT2D eigenvalue weighted by Crippen LogP contribution is -2.61. The summed E-state index contributed by atoms with van der Waals surface area (Å²) in [5.41, 5.74) is 3.26. The van der Waals surface area contributed by atoms with Crippen LogP contribution in [0.15, 0.2) is 66.0 Å². The van der Waals surface area contributed by atoms with Crippen molar-refractivity contribution in [3.8, 4) is 0 Å². The number of thiophene rings is 1. The first-order valence-electron chi connectivity index (χ1n) is 11.7. The molecule has 0 bridgehead atoms. The van der Waals surface area contributed by atoms with Crippen molar-refractivity contribution in [2.24, 2.45) is 5.92 Å². The van der Waals surface area contributed by atoms with Gasteiger partial charge in [-0.3, -0.25) is 19.8 Å². The van der Waals surface area contributed by atoms with E-state index in [1.165, 1.54) is 10.4 Å². The summed E-state index contributed by atoms with van der Waals surface area (Å²) in [5.74, 6) is -0.221. The number of nitrogens with one attached hydrogen (secondary N) is 1. The Hall–Kier alpha value is -3.23. The van der Waals surface area contributed by atoms with Crippen LogP contribution < -0.4 is 10.2 Å². The Morgan fingerprint density at radius 2 is 1.97 bits per heavy atom. The standard InChI is InChI=1S/C26H28N4O3S/c31-26(27-11-10-22-7-4-14-34-22)23-16-20-15-21(30(32)33)8-9-24(20)29-13-12-28(18-25(23)29)17-19-5-2-1-3-6-19/h1-9,14-15,23,25H,10-13,16-18H2,(H,27,31)/t23-,25+/m1/s1. The van der Waals surface area contributed by atoms with E-state index in [0.717, 1.165) is 43.9 Å². The minimum atomic E-state index is -0.361. The minimum Gasteiger partial charge on any atom is -0.365 e. The van der Waals surface area contributed by atoms with Gasteiger partial charge in [0.25, 0.3) is 5.69 Å². The second-order valence-corrected chi connectivity index (χ2v) is 10.0. The molecule has 1 amide bonds. The van der Waals surface area contributed by atoms with E-state index < -0.39 is 0 Å². The summed E-state index contributed by atoms with van der Waals surface area (Å²) in [6, 6.07) is 19.6. The number of rotatable bonds is 7. The maximum atomic E-state index is 13.4. The van der Waals surface area contributed by atoms with Crippen molar-refractivity contribution in [1.82, 2.24) is 10.2 Å². The first kappa shape index (κ1) is 22.6. The monoisotopic (exact) mass is 476 g/mol. The summed E-state index contributed by atoms with van der Waals surface area (Å²) in [4.78, 5) is 30.4. The number of piperazine rings is 1. The van der Waals surface area contributed by atoms with Gasteiger partial charge in [0, 0.05) is 55.4 Å². The fraction of sp³-hybridized carbons (Fsp3) is 0.346. The van der Waals surface area contributed by atoms with Gasteiger partial charge < -0.3 is 10.2 Å². The van der Waals surface area contributed by atoms with Crippen molar-refractivity contribution < 1.29 is 9.72 Å². The number of amides is 1. The summed E-state index contributed by atoms with van der Waals surface area (Å²) >= 11 is 1.69. The van der Waals surface area contributed by atoms with Crippen molar-refractivity contribution >= 4 is 28.6 Å². The van der Waals surface area contributed by atoms with Crippen LogP contribution in [0.5, 0.6) is 0 Å². The number of nitro groups is 1. The Morgan fingerprint density at radius 1 is 1.12 bits per heavy atom. The maximum absolute atomic E-state index is 13.4. The van der Waals surface area contributed by atoms with E-state index in [2.05, 4.69) is 45.4 Å². The van der Waals surface area contributed by atoms with Gasteiger partial charge >= 0.3 is 0 Å². The smallest absolute Gasteiger partial charge is 0.269 e. The molecule has 0 unspecified atom stereocenters. The maximum Gasteiger partial charge on any atom is 0.269 e. The lowest BCUT2D eigenvalue weighted by Gasteiger charge is -2.49. The SMILES string of the molecule is O=C(NCCc1cccs1)[C@@H]1Cc2cc([N+](=O)[O-])ccc2N2CCN(Cc3ccccc3)C[C@@H]12. The molecular formula is C26H28N4O3S. The number of non-ortho nitro benzene ring substituents is 1. The van der Waals surface area contributed by atoms with Crippen molar-refractivity contribution in [1.29, 1.82) is 0 Å². The minimum absolute atomic E-state index is 0.0327. The molecule has 2 aromatic carbocycles. The molecule has 1 N–H and O–H groups in total. The van der Waals surface area contributed by atoms with Gasteiger partial charge in [0.1, 0.15) is 0 Å². The molecule has 0 spiro atoms. The summed E-state index contributed by atoms with van der Waals surface area (Å²) in [5, 5.41) is 16.6. The van der Waals surface area contributed by atoms with Crippen molar-refractivity contribution in [2.45, 2.75) is 25.4 Å². The molecule has 0 aliphatic carbocycles. The van der Waals surface area contributed by atoms with Crippen molar-refractivity contribution in [3.63, 3.8) is 0 Å². The number of benzene rings is 2. The number of fused-ring (bicyclic) bond motifs is 3. The molecule has 5 rings (SSSR count). The summed E-state index contributed by atoms with van der Waals surface area (Å²) in [6.45, 7) is 3.91. The van der Waals surface area contributed by atoms with E-state index in [1.807, 2.05) is 23.6 Å². The van der Waals surface area contributed by atoms with E-state index in [9.17, 15) is 14.9 Å². The Bertz CT molecular complexity index is 1150. The van der Waals surface area contributed by atoms with Crippen molar-refractivity contribution in [3.05, 3.63) is 92.2 Å². The third-order valence-electron chi connectivity index (χ3n) is 6.83. The van der Waals surface area contributed by atoms with Gasteiger partial charge in [-0.15, -0.1) is 11.3 Å². The number of nitrogens with zero attached hydrogens (tertiary/aromatic N) is 3. The quantitative estimate of drug-likeness (QED) is 0.414. The largest absolute Gasteiger partial charge is 0.365 e. The third-order valence-corrected chi connectivity index (χ3v) is 7.76. The van der Waals surface area contributed by atoms with Crippen LogP contribution in [-0.2, 0) is 24.2 Å². The van der Waals surface area contributed by atoms with Gasteiger partial charge in [-0.1, -0.05) is 36.4 Å². The van der Waals surface area contributed by atoms with Crippen LogP contribution >= 0.6 is 11.3 Å². The number of hydrogen-bond donors (Lipinski definition) is 1. The summed E-state index contributed by atoms with van der Waals surface area (Å²) in [6.07, 6.45) is 1.33. The Balaban J connectivity index is 1.36. The van der Waals surface area contributed by atoms with Crippen LogP contribution in [0.2, 0.25) is 0 Å². The van der Waals surface area contributed by atoms with Gasteiger partial charge in [0.2, 0.25) is 5.91 Å². The number of carbonyl (C=O) groups excluding carboxylic acids is 1. The average molecular weight is 477 g/mol. The topological polar surface area (TPSA) is 78.7 Å². The van der Waals surface area contributed by atoms with Crippen LogP contribution in [0.3, 0.4) is 0 Å². The molecule has 2 aliphatic rings. The summed E-state index contributed by atoms with van der Waals surface area (Å²) in [7, 11) is 0. The van der Waals surface area contributed by atoms with E-state index in [4.69, 9.17) is 0 Å². The normalized spacial score (nSPS) is 19.8. The Labute approximate surface area is 203 Å². The van der Waals surface area contributed by atoms with Gasteiger partial charge in [0.15, 0.2) is 0 Å². The van der Waals surface area contributed by atoms with Gasteiger partial charge in [-0.25, -0.2) is 0 Å². The first-order chi connectivity index (χ1) is 16.6. The number of anilines is 1. The average Bonchev–Trinajstić information content (AvgIpc) is 3.37. The molecule has 2 atom stereocenters. The number of nitro benzene ring substituents is 1. The molecule has 0 saturated carbocycles. The zero-order valence-electron chi connectivity index (χ0n) is 18.9. The molecule has 0 radical (unpaired) electrons. The zero-order chi connectivity index (χ0) is 23.5. The van der Waals surface area contributed by atoms with E-state index >= 15 is 0 Å². The van der Waals surface area contributed by atoms with E-state index in [0.29, 0.717) is 13.0 Å². The third kappa shape index (κ3) is 4.83. The fourth-order valence-electron chi connectivity index (χ4n) is 5.16. The Morgan fingerprint density at radius 3 is 2.74 bits per heavy atom. The highest BCUT2D eigenvalue weighted by Gasteiger charge is 2.41. The molecule has 1 fully saturated rings. The molecule has 3 aromatic rings. The summed E-state index contributed by atoms with van der Waals surface area (Å²) < 4.78 is 0. The molecular weight excluding hydrogens is 448 g/mol. The highest BCUT2D eigenvalue weighted by Crippen LogP contribution is 2.38. The van der Waals surface area contributed by atoms with Crippen molar-refractivity contribution in [2.75, 3.05) is 31.1 Å². The molecule has 8 heteroatoms. The van der Waals surface area contributed by atoms with Gasteiger partial charge in [0.05, 0.1) is 16.9 Å². The van der Waals surface area contributed by atoms with E-state index in [-0.39, 0.29) is 28.5 Å². The second-order valence-electron chi connectivity index (χ2n) is 8.98. The number of hydrogen-bond acceptors (Lipinski definition) is 6. The van der Waals surface area contributed by atoms with Gasteiger partial charge in [-0.2, -0.15) is 0 Å². The molecule has 7 nitrogen and oxygen atoms in total. The molecule has 34 heavy (non-hydrogen) atoms. The van der Waals surface area contributed by atoms with Crippen LogP contribution in [-0.4, -0.2) is 48.0 Å².